The summed E-state index contributed by atoms with van der Waals surface area (Å²) < 4.78 is 26.9. The Morgan fingerprint density at radius 3 is 2.70 bits per heavy atom. The Bertz CT molecular complexity index is 713. The van der Waals surface area contributed by atoms with E-state index in [1.54, 1.807) is 0 Å². The van der Waals surface area contributed by atoms with Crippen molar-refractivity contribution < 1.29 is 13.2 Å². The van der Waals surface area contributed by atoms with Gasteiger partial charge in [-0.25, -0.2) is 8.42 Å². The van der Waals surface area contributed by atoms with E-state index in [9.17, 15) is 13.2 Å². The smallest absolute Gasteiger partial charge is 0.246 e. The molecular formula is C18H31N5O3S. The lowest BCUT2D eigenvalue weighted by atomic mass is 9.94. The van der Waals surface area contributed by atoms with Crippen LogP contribution < -0.4 is 0 Å². The van der Waals surface area contributed by atoms with Crippen molar-refractivity contribution in [3.8, 4) is 0 Å². The van der Waals surface area contributed by atoms with E-state index in [2.05, 4.69) is 22.1 Å². The first-order valence-electron chi connectivity index (χ1n) is 9.81. The average Bonchev–Trinajstić information content (AvgIpc) is 3.22. The van der Waals surface area contributed by atoms with Crippen LogP contribution >= 0.6 is 0 Å². The third kappa shape index (κ3) is 4.89. The van der Waals surface area contributed by atoms with Gasteiger partial charge in [-0.15, -0.1) is 0 Å². The van der Waals surface area contributed by atoms with Crippen molar-refractivity contribution in [1.82, 2.24) is 24.3 Å². The zero-order chi connectivity index (χ0) is 19.4. The maximum atomic E-state index is 12.7. The number of H-pyrrole nitrogens is 1. The highest BCUT2D eigenvalue weighted by Gasteiger charge is 2.31. The van der Waals surface area contributed by atoms with Gasteiger partial charge in [0, 0.05) is 38.8 Å². The van der Waals surface area contributed by atoms with Crippen LogP contribution in [0.5, 0.6) is 0 Å². The third-order valence-electron chi connectivity index (χ3n) is 5.99. The molecule has 3 heterocycles. The molecule has 1 atom stereocenters. The van der Waals surface area contributed by atoms with Crippen molar-refractivity contribution in [2.45, 2.75) is 49.5 Å². The lowest BCUT2D eigenvalue weighted by Gasteiger charge is -2.36. The first-order chi connectivity index (χ1) is 12.9. The summed E-state index contributed by atoms with van der Waals surface area (Å²) in [5.74, 6) is 0.412. The second kappa shape index (κ2) is 8.70. The molecule has 2 saturated heterocycles. The molecule has 1 aromatic heterocycles. The summed E-state index contributed by atoms with van der Waals surface area (Å²) in [5.41, 5.74) is 0. The van der Waals surface area contributed by atoms with Crippen molar-refractivity contribution >= 4 is 15.9 Å². The van der Waals surface area contributed by atoms with E-state index in [-0.39, 0.29) is 16.7 Å². The van der Waals surface area contributed by atoms with Gasteiger partial charge in [-0.1, -0.05) is 0 Å². The van der Waals surface area contributed by atoms with Crippen LogP contribution in [0.15, 0.2) is 17.3 Å². The normalized spacial score (nSPS) is 23.4. The SMILES string of the molecule is CN1CCC(N(C)C(=O)CC[C@H]2CCCN(S(=O)(=O)c3cn[nH]c3)C2)CC1. The van der Waals surface area contributed by atoms with Gasteiger partial charge < -0.3 is 9.80 Å². The zero-order valence-corrected chi connectivity index (χ0v) is 17.1. The molecule has 0 radical (unpaired) electrons. The number of carbonyl (C=O) groups excluding carboxylic acids is 1. The number of aromatic nitrogens is 2. The van der Waals surface area contributed by atoms with Crippen LogP contribution in [0.2, 0.25) is 0 Å². The molecule has 0 aromatic carbocycles. The van der Waals surface area contributed by atoms with Crippen LogP contribution in [0.3, 0.4) is 0 Å². The summed E-state index contributed by atoms with van der Waals surface area (Å²) in [7, 11) is 0.538. The minimum Gasteiger partial charge on any atom is -0.343 e. The largest absolute Gasteiger partial charge is 0.343 e. The van der Waals surface area contributed by atoms with E-state index < -0.39 is 10.0 Å². The summed E-state index contributed by atoms with van der Waals surface area (Å²) in [6.45, 7) is 3.09. The molecule has 1 aromatic rings. The summed E-state index contributed by atoms with van der Waals surface area (Å²) in [4.78, 5) is 17.0. The Morgan fingerprint density at radius 1 is 1.30 bits per heavy atom. The summed E-state index contributed by atoms with van der Waals surface area (Å²) in [6.07, 6.45) is 7.86. The number of likely N-dealkylation sites (tertiary alicyclic amines) is 1. The van der Waals surface area contributed by atoms with Gasteiger partial charge >= 0.3 is 0 Å². The van der Waals surface area contributed by atoms with Gasteiger partial charge in [0.15, 0.2) is 0 Å². The number of rotatable bonds is 6. The molecule has 1 amide bonds. The Morgan fingerprint density at radius 2 is 2.04 bits per heavy atom. The highest BCUT2D eigenvalue weighted by molar-refractivity contribution is 7.89. The predicted octanol–water partition coefficient (Wildman–Crippen LogP) is 1.14. The fourth-order valence-corrected chi connectivity index (χ4v) is 5.56. The molecule has 0 aliphatic carbocycles. The highest BCUT2D eigenvalue weighted by atomic mass is 32.2. The molecule has 3 rings (SSSR count). The van der Waals surface area contributed by atoms with Crippen LogP contribution in [-0.2, 0) is 14.8 Å². The van der Waals surface area contributed by atoms with E-state index in [1.165, 1.54) is 16.7 Å². The molecule has 0 bridgehead atoms. The Balaban J connectivity index is 1.50. The minimum absolute atomic E-state index is 0.180. The van der Waals surface area contributed by atoms with Crippen molar-refractivity contribution in [1.29, 1.82) is 0 Å². The lowest BCUT2D eigenvalue weighted by Crippen LogP contribution is -2.44. The lowest BCUT2D eigenvalue weighted by molar-refractivity contribution is -0.133. The fraction of sp³-hybridized carbons (Fsp3) is 0.778. The highest BCUT2D eigenvalue weighted by Crippen LogP contribution is 2.26. The third-order valence-corrected chi connectivity index (χ3v) is 7.82. The second-order valence-corrected chi connectivity index (χ2v) is 9.82. The van der Waals surface area contributed by atoms with E-state index in [0.29, 0.717) is 25.6 Å². The molecular weight excluding hydrogens is 366 g/mol. The molecule has 1 N–H and O–H groups in total. The Labute approximate surface area is 161 Å². The molecule has 2 fully saturated rings. The van der Waals surface area contributed by atoms with Gasteiger partial charge in [0.1, 0.15) is 4.90 Å². The van der Waals surface area contributed by atoms with Gasteiger partial charge in [0.2, 0.25) is 15.9 Å². The van der Waals surface area contributed by atoms with Gasteiger partial charge in [0.05, 0.1) is 6.20 Å². The topological polar surface area (TPSA) is 89.6 Å². The predicted molar refractivity (Wildman–Crippen MR) is 103 cm³/mol. The van der Waals surface area contributed by atoms with Crippen LogP contribution in [0, 0.1) is 5.92 Å². The molecule has 9 heteroatoms. The van der Waals surface area contributed by atoms with Crippen molar-refractivity contribution in [2.75, 3.05) is 40.3 Å². The molecule has 27 heavy (non-hydrogen) atoms. The monoisotopic (exact) mass is 397 g/mol. The standard InChI is InChI=1S/C18H31N5O3S/c1-21-10-7-16(8-11-21)22(2)18(24)6-5-15-4-3-9-23(14-15)27(25,26)17-12-19-20-13-17/h12-13,15-16H,3-11,14H2,1-2H3,(H,19,20)/t15-/m1/s1. The number of hydrogen-bond acceptors (Lipinski definition) is 5. The minimum atomic E-state index is -3.49. The number of amides is 1. The van der Waals surface area contributed by atoms with Crippen LogP contribution in [-0.4, -0.2) is 84.9 Å². The quantitative estimate of drug-likeness (QED) is 0.778. The van der Waals surface area contributed by atoms with Gasteiger partial charge in [-0.2, -0.15) is 9.40 Å². The average molecular weight is 398 g/mol. The van der Waals surface area contributed by atoms with Crippen molar-refractivity contribution in [3.05, 3.63) is 12.4 Å². The molecule has 0 unspecified atom stereocenters. The molecule has 8 nitrogen and oxygen atoms in total. The molecule has 2 aliphatic heterocycles. The van der Waals surface area contributed by atoms with Crippen molar-refractivity contribution in [3.63, 3.8) is 0 Å². The van der Waals surface area contributed by atoms with Crippen LogP contribution in [0.25, 0.3) is 0 Å². The van der Waals surface area contributed by atoms with E-state index >= 15 is 0 Å². The zero-order valence-electron chi connectivity index (χ0n) is 16.3. The Hall–Kier alpha value is -1.45. The number of nitrogens with one attached hydrogen (secondary N) is 1. The maximum Gasteiger partial charge on any atom is 0.246 e. The number of aromatic amines is 1. The van der Waals surface area contributed by atoms with Crippen LogP contribution in [0.4, 0.5) is 0 Å². The number of hydrogen-bond donors (Lipinski definition) is 1. The molecule has 0 saturated carbocycles. The summed E-state index contributed by atoms with van der Waals surface area (Å²) >= 11 is 0. The summed E-state index contributed by atoms with van der Waals surface area (Å²) in [5, 5.41) is 6.31. The Kier molecular flexibility index (Phi) is 6.54. The van der Waals surface area contributed by atoms with Gasteiger partial charge in [-0.3, -0.25) is 9.89 Å². The summed E-state index contributed by atoms with van der Waals surface area (Å²) in [6, 6.07) is 0.332. The molecule has 152 valence electrons. The first kappa shape index (κ1) is 20.3. The number of carbonyl (C=O) groups is 1. The van der Waals surface area contributed by atoms with E-state index in [1.807, 2.05) is 11.9 Å². The second-order valence-electron chi connectivity index (χ2n) is 7.88. The van der Waals surface area contributed by atoms with Gasteiger partial charge in [-0.05, 0) is 58.2 Å². The van der Waals surface area contributed by atoms with Gasteiger partial charge in [0.25, 0.3) is 0 Å². The van der Waals surface area contributed by atoms with Crippen molar-refractivity contribution in [2.24, 2.45) is 5.92 Å². The maximum absolute atomic E-state index is 12.7. The fourth-order valence-electron chi connectivity index (χ4n) is 4.10. The number of nitrogens with zero attached hydrogens (tertiary/aromatic N) is 4. The molecule has 0 spiro atoms. The number of piperidine rings is 2. The van der Waals surface area contributed by atoms with E-state index in [4.69, 9.17) is 0 Å². The van der Waals surface area contributed by atoms with Crippen LogP contribution in [0.1, 0.15) is 38.5 Å². The molecule has 2 aliphatic rings. The number of sulfonamides is 1. The van der Waals surface area contributed by atoms with E-state index in [0.717, 1.165) is 45.2 Å². The first-order valence-corrected chi connectivity index (χ1v) is 11.2.